The second-order valence-corrected chi connectivity index (χ2v) is 5.04. The van der Waals surface area contributed by atoms with Crippen LogP contribution in [0.25, 0.3) is 0 Å². The number of anilines is 1. The largest absolute Gasteiger partial charge is 0.481 e. The maximum Gasteiger partial charge on any atom is 0.303 e. The third-order valence-electron chi connectivity index (χ3n) is 3.06. The Bertz CT molecular complexity index is 489. The molecule has 0 fully saturated rings. The lowest BCUT2D eigenvalue weighted by Gasteiger charge is -2.29. The molecule has 0 aliphatic heterocycles. The Morgan fingerprint density at radius 1 is 1.43 bits per heavy atom. The highest BCUT2D eigenvalue weighted by atomic mass is 16.4. The summed E-state index contributed by atoms with van der Waals surface area (Å²) in [5.74, 6) is -0.995. The summed E-state index contributed by atoms with van der Waals surface area (Å²) in [5.41, 5.74) is 1.25. The van der Waals surface area contributed by atoms with Crippen molar-refractivity contribution in [2.24, 2.45) is 0 Å². The van der Waals surface area contributed by atoms with Gasteiger partial charge in [0.1, 0.15) is 5.69 Å². The predicted octanol–water partition coefficient (Wildman–Crippen LogP) is 1.91. The van der Waals surface area contributed by atoms with Crippen molar-refractivity contribution in [2.75, 3.05) is 18.0 Å². The van der Waals surface area contributed by atoms with Gasteiger partial charge in [0.25, 0.3) is 5.91 Å². The van der Waals surface area contributed by atoms with E-state index < -0.39 is 5.97 Å². The zero-order chi connectivity index (χ0) is 15.8. The number of aromatic nitrogens is 1. The van der Waals surface area contributed by atoms with E-state index in [9.17, 15) is 9.59 Å². The molecule has 0 unspecified atom stereocenters. The first kappa shape index (κ1) is 16.9. The average molecular weight is 293 g/mol. The number of rotatable bonds is 8. The number of nitrogens with zero attached hydrogens (tertiary/aromatic N) is 2. The molecule has 0 radical (unpaired) electrons. The summed E-state index contributed by atoms with van der Waals surface area (Å²) < 4.78 is 0. The van der Waals surface area contributed by atoms with Crippen LogP contribution in [0.15, 0.2) is 18.3 Å². The minimum Gasteiger partial charge on any atom is -0.481 e. The first-order valence-electron chi connectivity index (χ1n) is 7.18. The fourth-order valence-corrected chi connectivity index (χ4v) is 2.06. The highest BCUT2D eigenvalue weighted by Gasteiger charge is 2.14. The number of carboxylic acids is 1. The van der Waals surface area contributed by atoms with E-state index in [1.54, 1.807) is 12.3 Å². The van der Waals surface area contributed by atoms with Crippen LogP contribution in [0.5, 0.6) is 0 Å². The van der Waals surface area contributed by atoms with Crippen molar-refractivity contribution >= 4 is 17.6 Å². The molecule has 116 valence electrons. The number of carboxylic acid groups (broad SMARTS) is 1. The van der Waals surface area contributed by atoms with Crippen molar-refractivity contribution < 1.29 is 14.7 Å². The molecule has 6 heteroatoms. The van der Waals surface area contributed by atoms with Crippen LogP contribution >= 0.6 is 0 Å². The summed E-state index contributed by atoms with van der Waals surface area (Å²) in [7, 11) is 0. The number of carbonyl (C=O) groups excluding carboxylic acids is 1. The fourth-order valence-electron chi connectivity index (χ4n) is 2.06. The van der Waals surface area contributed by atoms with Gasteiger partial charge in [0.15, 0.2) is 0 Å². The van der Waals surface area contributed by atoms with Crippen molar-refractivity contribution in [2.45, 2.75) is 39.7 Å². The number of hydrogen-bond donors (Lipinski definition) is 2. The second-order valence-electron chi connectivity index (χ2n) is 5.04. The van der Waals surface area contributed by atoms with Crippen LogP contribution in [0.2, 0.25) is 0 Å². The number of pyridine rings is 1. The van der Waals surface area contributed by atoms with Gasteiger partial charge in [0, 0.05) is 37.4 Å². The molecule has 1 aromatic rings. The van der Waals surface area contributed by atoms with Crippen molar-refractivity contribution in [3.05, 3.63) is 24.0 Å². The van der Waals surface area contributed by atoms with Gasteiger partial charge < -0.3 is 15.3 Å². The molecule has 0 aromatic carbocycles. The Morgan fingerprint density at radius 2 is 2.14 bits per heavy atom. The Labute approximate surface area is 125 Å². The van der Waals surface area contributed by atoms with Gasteiger partial charge in [0.05, 0.1) is 0 Å². The summed E-state index contributed by atoms with van der Waals surface area (Å²) in [6, 6.07) is 3.79. The lowest BCUT2D eigenvalue weighted by atomic mass is 10.2. The topological polar surface area (TPSA) is 82.5 Å². The lowest BCUT2D eigenvalue weighted by molar-refractivity contribution is -0.137. The normalized spacial score (nSPS) is 10.5. The van der Waals surface area contributed by atoms with E-state index in [0.717, 1.165) is 5.69 Å². The van der Waals surface area contributed by atoms with E-state index in [-0.39, 0.29) is 18.4 Å². The molecule has 0 spiro atoms. The molecule has 0 aliphatic rings. The molecule has 0 atom stereocenters. The lowest BCUT2D eigenvalue weighted by Crippen LogP contribution is -2.32. The molecule has 1 aromatic heterocycles. The maximum atomic E-state index is 11.8. The van der Waals surface area contributed by atoms with Gasteiger partial charge in [-0.05, 0) is 39.3 Å². The molecule has 1 heterocycles. The van der Waals surface area contributed by atoms with Gasteiger partial charge in [-0.25, -0.2) is 0 Å². The Kier molecular flexibility index (Phi) is 6.65. The third-order valence-corrected chi connectivity index (χ3v) is 3.06. The minimum atomic E-state index is -0.795. The molecule has 6 nitrogen and oxygen atoms in total. The van der Waals surface area contributed by atoms with Crippen molar-refractivity contribution in [3.8, 4) is 0 Å². The van der Waals surface area contributed by atoms with Gasteiger partial charge in [0.2, 0.25) is 0 Å². The SMILES string of the molecule is CCNC(=O)c1cc(N(CCCC(=O)O)C(C)C)ccn1. The molecule has 21 heavy (non-hydrogen) atoms. The number of amides is 1. The van der Waals surface area contributed by atoms with Crippen LogP contribution in [0.1, 0.15) is 44.1 Å². The van der Waals surface area contributed by atoms with Crippen molar-refractivity contribution in [3.63, 3.8) is 0 Å². The van der Waals surface area contributed by atoms with E-state index in [1.807, 2.05) is 26.8 Å². The van der Waals surface area contributed by atoms with E-state index in [0.29, 0.717) is 25.2 Å². The Morgan fingerprint density at radius 3 is 2.71 bits per heavy atom. The maximum absolute atomic E-state index is 11.8. The number of carbonyl (C=O) groups is 2. The smallest absolute Gasteiger partial charge is 0.303 e. The monoisotopic (exact) mass is 293 g/mol. The summed E-state index contributed by atoms with van der Waals surface area (Å²) in [6.45, 7) is 7.11. The molecule has 0 saturated heterocycles. The summed E-state index contributed by atoms with van der Waals surface area (Å²) in [6.07, 6.45) is 2.30. The molecule has 2 N–H and O–H groups in total. The molecule has 1 rings (SSSR count). The first-order chi connectivity index (χ1) is 9.95. The fraction of sp³-hybridized carbons (Fsp3) is 0.533. The standard InChI is InChI=1S/C15H23N3O3/c1-4-16-15(21)13-10-12(7-8-17-13)18(11(2)3)9-5-6-14(19)20/h7-8,10-11H,4-6,9H2,1-3H3,(H,16,21)(H,19,20). The third kappa shape index (κ3) is 5.41. The molecule has 1 amide bonds. The zero-order valence-electron chi connectivity index (χ0n) is 12.8. The van der Waals surface area contributed by atoms with E-state index in [4.69, 9.17) is 5.11 Å². The van der Waals surface area contributed by atoms with E-state index >= 15 is 0 Å². The number of aliphatic carboxylic acids is 1. The van der Waals surface area contributed by atoms with Crippen LogP contribution < -0.4 is 10.2 Å². The molecule has 0 aliphatic carbocycles. The number of nitrogens with one attached hydrogen (secondary N) is 1. The van der Waals surface area contributed by atoms with Crippen LogP contribution in [0.3, 0.4) is 0 Å². The molecular formula is C15H23N3O3. The number of hydrogen-bond acceptors (Lipinski definition) is 4. The minimum absolute atomic E-state index is 0.136. The van der Waals surface area contributed by atoms with Crippen molar-refractivity contribution in [1.29, 1.82) is 0 Å². The first-order valence-corrected chi connectivity index (χ1v) is 7.18. The van der Waals surface area contributed by atoms with E-state index in [1.165, 1.54) is 0 Å². The van der Waals surface area contributed by atoms with Gasteiger partial charge >= 0.3 is 5.97 Å². The molecule has 0 saturated carbocycles. The van der Waals surface area contributed by atoms with Gasteiger partial charge in [-0.15, -0.1) is 0 Å². The van der Waals surface area contributed by atoms with Gasteiger partial charge in [-0.2, -0.15) is 0 Å². The average Bonchev–Trinajstić information content (AvgIpc) is 2.43. The predicted molar refractivity (Wildman–Crippen MR) is 81.6 cm³/mol. The Hall–Kier alpha value is -2.11. The van der Waals surface area contributed by atoms with Crippen LogP contribution in [-0.4, -0.2) is 41.1 Å². The molecular weight excluding hydrogens is 270 g/mol. The van der Waals surface area contributed by atoms with Crippen LogP contribution in [0.4, 0.5) is 5.69 Å². The summed E-state index contributed by atoms with van der Waals surface area (Å²) in [5, 5.41) is 11.4. The summed E-state index contributed by atoms with van der Waals surface area (Å²) in [4.78, 5) is 28.6. The van der Waals surface area contributed by atoms with Gasteiger partial charge in [-0.3, -0.25) is 14.6 Å². The quantitative estimate of drug-likeness (QED) is 0.765. The van der Waals surface area contributed by atoms with Crippen LogP contribution in [-0.2, 0) is 4.79 Å². The highest BCUT2D eigenvalue weighted by molar-refractivity contribution is 5.93. The molecule has 0 bridgehead atoms. The van der Waals surface area contributed by atoms with Crippen LogP contribution in [0, 0.1) is 0 Å². The summed E-state index contributed by atoms with van der Waals surface area (Å²) >= 11 is 0. The van der Waals surface area contributed by atoms with Crippen molar-refractivity contribution in [1.82, 2.24) is 10.3 Å². The van der Waals surface area contributed by atoms with E-state index in [2.05, 4.69) is 15.2 Å². The van der Waals surface area contributed by atoms with Gasteiger partial charge in [-0.1, -0.05) is 0 Å². The second kappa shape index (κ2) is 8.24. The zero-order valence-corrected chi connectivity index (χ0v) is 12.8. The Balaban J connectivity index is 2.85. The highest BCUT2D eigenvalue weighted by Crippen LogP contribution is 2.18.